The number of terminal acetylenes is 1. The van der Waals surface area contributed by atoms with Gasteiger partial charge in [0.1, 0.15) is 5.69 Å². The highest BCUT2D eigenvalue weighted by Crippen LogP contribution is 1.99. The van der Waals surface area contributed by atoms with Crippen molar-refractivity contribution in [2.24, 2.45) is 0 Å². The molecule has 0 atom stereocenters. The van der Waals surface area contributed by atoms with E-state index < -0.39 is 0 Å². The molecule has 9 heavy (non-hydrogen) atoms. The van der Waals surface area contributed by atoms with Crippen LogP contribution in [-0.4, -0.2) is 4.98 Å². The van der Waals surface area contributed by atoms with Gasteiger partial charge in [-0.05, 0) is 24.5 Å². The number of aromatic nitrogens is 1. The Labute approximate surface area is 54.7 Å². The second-order valence-corrected chi connectivity index (χ2v) is 1.81. The molecule has 0 aromatic carbocycles. The van der Waals surface area contributed by atoms with Crippen molar-refractivity contribution in [2.75, 3.05) is 0 Å². The molecule has 0 aliphatic heterocycles. The number of rotatable bonds is 0. The van der Waals surface area contributed by atoms with Crippen molar-refractivity contribution >= 4 is 0 Å². The Morgan fingerprint density at radius 1 is 1.67 bits per heavy atom. The lowest BCUT2D eigenvalue weighted by Crippen LogP contribution is -1.83. The summed E-state index contributed by atoms with van der Waals surface area (Å²) in [6.07, 6.45) is 6.83. The Morgan fingerprint density at radius 3 is 2.89 bits per heavy atom. The van der Waals surface area contributed by atoms with E-state index in [4.69, 9.17) is 6.42 Å². The van der Waals surface area contributed by atoms with E-state index in [1.807, 2.05) is 19.1 Å². The van der Waals surface area contributed by atoms with Gasteiger partial charge in [-0.25, -0.2) is 4.98 Å². The molecular formula is C8H7N. The summed E-state index contributed by atoms with van der Waals surface area (Å²) in [6.45, 7) is 1.95. The summed E-state index contributed by atoms with van der Waals surface area (Å²) in [4.78, 5) is 3.96. The van der Waals surface area contributed by atoms with Crippen LogP contribution in [0.15, 0.2) is 18.3 Å². The molecule has 44 valence electrons. The van der Waals surface area contributed by atoms with E-state index in [1.165, 1.54) is 0 Å². The van der Waals surface area contributed by atoms with E-state index in [1.54, 1.807) is 6.20 Å². The first kappa shape index (κ1) is 5.84. The standard InChI is InChI=1S/C8H7N/c1-3-8-7(2)5-4-6-9-8/h1,4-6H,2H3. The van der Waals surface area contributed by atoms with Gasteiger partial charge in [-0.1, -0.05) is 6.07 Å². The first-order valence-corrected chi connectivity index (χ1v) is 2.73. The molecule has 1 rings (SSSR count). The Balaban J connectivity index is 3.20. The highest BCUT2D eigenvalue weighted by atomic mass is 14.7. The zero-order chi connectivity index (χ0) is 6.69. The van der Waals surface area contributed by atoms with Crippen molar-refractivity contribution < 1.29 is 0 Å². The molecule has 0 bridgehead atoms. The van der Waals surface area contributed by atoms with Crippen LogP contribution in [0.1, 0.15) is 11.3 Å². The van der Waals surface area contributed by atoms with E-state index in [0.717, 1.165) is 11.3 Å². The molecule has 0 fully saturated rings. The molecule has 0 radical (unpaired) electrons. The van der Waals surface area contributed by atoms with Crippen LogP contribution in [0.3, 0.4) is 0 Å². The third-order valence-corrected chi connectivity index (χ3v) is 1.15. The fourth-order valence-corrected chi connectivity index (χ4v) is 0.637. The normalized spacial score (nSPS) is 8.44. The van der Waals surface area contributed by atoms with Crippen LogP contribution in [0.5, 0.6) is 0 Å². The molecule has 0 spiro atoms. The second kappa shape index (κ2) is 2.32. The van der Waals surface area contributed by atoms with Crippen molar-refractivity contribution in [1.82, 2.24) is 4.98 Å². The zero-order valence-corrected chi connectivity index (χ0v) is 5.26. The monoisotopic (exact) mass is 117 g/mol. The summed E-state index contributed by atoms with van der Waals surface area (Å²) in [5, 5.41) is 0. The molecule has 1 nitrogen and oxygen atoms in total. The summed E-state index contributed by atoms with van der Waals surface area (Å²) in [5.74, 6) is 2.48. The molecule has 0 N–H and O–H groups in total. The molecule has 1 aromatic rings. The average molecular weight is 117 g/mol. The predicted octanol–water partition coefficient (Wildman–Crippen LogP) is 1.37. The Hall–Kier alpha value is -1.29. The summed E-state index contributed by atoms with van der Waals surface area (Å²) < 4.78 is 0. The summed E-state index contributed by atoms with van der Waals surface area (Å²) in [6, 6.07) is 3.82. The molecule has 0 amide bonds. The Kier molecular flexibility index (Phi) is 1.51. The molecule has 1 heteroatoms. The van der Waals surface area contributed by atoms with Crippen LogP contribution in [0, 0.1) is 19.3 Å². The minimum atomic E-state index is 0.734. The topological polar surface area (TPSA) is 12.9 Å². The first-order chi connectivity index (χ1) is 4.34. The molecule has 0 saturated heterocycles. The first-order valence-electron chi connectivity index (χ1n) is 2.73. The van der Waals surface area contributed by atoms with Crippen LogP contribution in [-0.2, 0) is 0 Å². The zero-order valence-electron chi connectivity index (χ0n) is 5.26. The number of hydrogen-bond donors (Lipinski definition) is 0. The smallest absolute Gasteiger partial charge is 0.115 e. The van der Waals surface area contributed by atoms with Crippen LogP contribution >= 0.6 is 0 Å². The summed E-state index contributed by atoms with van der Waals surface area (Å²) >= 11 is 0. The van der Waals surface area contributed by atoms with Gasteiger partial charge >= 0.3 is 0 Å². The molecule has 0 aliphatic carbocycles. The van der Waals surface area contributed by atoms with E-state index in [9.17, 15) is 0 Å². The van der Waals surface area contributed by atoms with Crippen LogP contribution < -0.4 is 0 Å². The maximum atomic E-state index is 5.14. The van der Waals surface area contributed by atoms with Gasteiger partial charge in [-0.3, -0.25) is 0 Å². The SMILES string of the molecule is C#Cc1ncccc1C. The highest BCUT2D eigenvalue weighted by molar-refractivity contribution is 5.31. The minimum absolute atomic E-state index is 0.734. The van der Waals surface area contributed by atoms with Crippen LogP contribution in [0.2, 0.25) is 0 Å². The van der Waals surface area contributed by atoms with E-state index >= 15 is 0 Å². The number of pyridine rings is 1. The van der Waals surface area contributed by atoms with Crippen molar-refractivity contribution in [3.63, 3.8) is 0 Å². The third kappa shape index (κ3) is 1.09. The highest BCUT2D eigenvalue weighted by Gasteiger charge is 1.89. The minimum Gasteiger partial charge on any atom is -0.248 e. The van der Waals surface area contributed by atoms with Gasteiger partial charge in [0.2, 0.25) is 0 Å². The lowest BCUT2D eigenvalue weighted by molar-refractivity contribution is 1.23. The maximum Gasteiger partial charge on any atom is 0.115 e. The fourth-order valence-electron chi connectivity index (χ4n) is 0.637. The van der Waals surface area contributed by atoms with Crippen molar-refractivity contribution in [3.05, 3.63) is 29.6 Å². The lowest BCUT2D eigenvalue weighted by Gasteiger charge is -1.91. The average Bonchev–Trinajstić information content (AvgIpc) is 1.89. The van der Waals surface area contributed by atoms with Gasteiger partial charge < -0.3 is 0 Å². The number of aryl methyl sites for hydroxylation is 1. The van der Waals surface area contributed by atoms with Gasteiger partial charge in [0.05, 0.1) is 0 Å². The van der Waals surface area contributed by atoms with Crippen molar-refractivity contribution in [3.8, 4) is 12.3 Å². The van der Waals surface area contributed by atoms with Gasteiger partial charge in [-0.2, -0.15) is 0 Å². The van der Waals surface area contributed by atoms with Crippen LogP contribution in [0.25, 0.3) is 0 Å². The molecule has 0 saturated carbocycles. The quantitative estimate of drug-likeness (QED) is 0.468. The van der Waals surface area contributed by atoms with Gasteiger partial charge in [0, 0.05) is 6.20 Å². The summed E-state index contributed by atoms with van der Waals surface area (Å²) in [5.41, 5.74) is 1.79. The van der Waals surface area contributed by atoms with Gasteiger partial charge in [0.15, 0.2) is 0 Å². The van der Waals surface area contributed by atoms with Gasteiger partial charge in [0.25, 0.3) is 0 Å². The number of hydrogen-bond acceptors (Lipinski definition) is 1. The van der Waals surface area contributed by atoms with Crippen molar-refractivity contribution in [1.29, 1.82) is 0 Å². The van der Waals surface area contributed by atoms with E-state index in [0.29, 0.717) is 0 Å². The molecule has 1 aromatic heterocycles. The van der Waals surface area contributed by atoms with E-state index in [-0.39, 0.29) is 0 Å². The molecule has 0 unspecified atom stereocenters. The van der Waals surface area contributed by atoms with Gasteiger partial charge in [-0.15, -0.1) is 6.42 Å². The Morgan fingerprint density at radius 2 is 2.44 bits per heavy atom. The molecule has 1 heterocycles. The second-order valence-electron chi connectivity index (χ2n) is 1.81. The number of nitrogens with zero attached hydrogens (tertiary/aromatic N) is 1. The van der Waals surface area contributed by atoms with Crippen molar-refractivity contribution in [2.45, 2.75) is 6.92 Å². The van der Waals surface area contributed by atoms with E-state index in [2.05, 4.69) is 10.9 Å². The molecular weight excluding hydrogens is 110 g/mol. The lowest BCUT2D eigenvalue weighted by atomic mass is 10.2. The predicted molar refractivity (Wildman–Crippen MR) is 36.9 cm³/mol. The largest absolute Gasteiger partial charge is 0.248 e. The fraction of sp³-hybridized carbons (Fsp3) is 0.125. The van der Waals surface area contributed by atoms with Crippen LogP contribution in [0.4, 0.5) is 0 Å². The molecule has 0 aliphatic rings. The maximum absolute atomic E-state index is 5.14. The Bertz CT molecular complexity index is 245. The third-order valence-electron chi connectivity index (χ3n) is 1.15. The summed E-state index contributed by atoms with van der Waals surface area (Å²) in [7, 11) is 0.